The predicted molar refractivity (Wildman–Crippen MR) is 54.5 cm³/mol. The lowest BCUT2D eigenvalue weighted by molar-refractivity contribution is 0.224. The molecule has 0 amide bonds. The Morgan fingerprint density at radius 3 is 2.36 bits per heavy atom. The lowest BCUT2D eigenvalue weighted by atomic mass is 9.98. The van der Waals surface area contributed by atoms with Gasteiger partial charge in [-0.3, -0.25) is 4.90 Å². The summed E-state index contributed by atoms with van der Waals surface area (Å²) in [6.45, 7) is 0. The highest BCUT2D eigenvalue weighted by molar-refractivity contribution is 7.91. The van der Waals surface area contributed by atoms with E-state index in [9.17, 15) is 8.42 Å². The first-order valence-corrected chi connectivity index (χ1v) is 6.57. The van der Waals surface area contributed by atoms with Crippen molar-refractivity contribution in [3.63, 3.8) is 0 Å². The minimum Gasteiger partial charge on any atom is -0.291 e. The van der Waals surface area contributed by atoms with Crippen molar-refractivity contribution in [1.82, 2.24) is 4.90 Å². The third kappa shape index (κ3) is 1.64. The zero-order valence-corrected chi connectivity index (χ0v) is 9.63. The van der Waals surface area contributed by atoms with Crippen LogP contribution in [0.3, 0.4) is 0 Å². The summed E-state index contributed by atoms with van der Waals surface area (Å²) < 4.78 is 23.1. The van der Waals surface area contributed by atoms with E-state index in [1.165, 1.54) is 6.26 Å². The summed E-state index contributed by atoms with van der Waals surface area (Å²) in [7, 11) is 0.410. The van der Waals surface area contributed by atoms with Crippen LogP contribution in [0, 0.1) is 11.3 Å². The van der Waals surface area contributed by atoms with Crippen LogP contribution in [0.4, 0.5) is 0 Å². The minimum absolute atomic E-state index is 0.532. The minimum atomic E-state index is -3.13. The highest BCUT2D eigenvalue weighted by Crippen LogP contribution is 2.37. The summed E-state index contributed by atoms with van der Waals surface area (Å²) >= 11 is 0. The first kappa shape index (κ1) is 11.5. The SMILES string of the molecule is CN(C)C1(C#N)CCCC1S(C)(=O)=O. The van der Waals surface area contributed by atoms with Crippen molar-refractivity contribution in [3.05, 3.63) is 0 Å². The van der Waals surface area contributed by atoms with Gasteiger partial charge >= 0.3 is 0 Å². The van der Waals surface area contributed by atoms with Gasteiger partial charge in [-0.1, -0.05) is 0 Å². The van der Waals surface area contributed by atoms with Crippen molar-refractivity contribution >= 4 is 9.84 Å². The van der Waals surface area contributed by atoms with Crippen LogP contribution in [0.2, 0.25) is 0 Å². The van der Waals surface area contributed by atoms with Crippen LogP contribution in [-0.2, 0) is 9.84 Å². The van der Waals surface area contributed by atoms with Gasteiger partial charge in [0.25, 0.3) is 0 Å². The Balaban J connectivity index is 3.16. The van der Waals surface area contributed by atoms with Crippen LogP contribution < -0.4 is 0 Å². The molecule has 0 aromatic rings. The lowest BCUT2D eigenvalue weighted by Gasteiger charge is -2.33. The maximum Gasteiger partial charge on any atom is 0.153 e. The van der Waals surface area contributed by atoms with E-state index >= 15 is 0 Å². The van der Waals surface area contributed by atoms with Crippen molar-refractivity contribution in [2.75, 3.05) is 20.4 Å². The van der Waals surface area contributed by atoms with E-state index in [2.05, 4.69) is 6.07 Å². The quantitative estimate of drug-likeness (QED) is 0.670. The molecule has 80 valence electrons. The van der Waals surface area contributed by atoms with E-state index in [0.717, 1.165) is 6.42 Å². The molecule has 1 aliphatic carbocycles. The molecule has 0 spiro atoms. The van der Waals surface area contributed by atoms with Gasteiger partial charge in [-0.2, -0.15) is 5.26 Å². The van der Waals surface area contributed by atoms with Gasteiger partial charge in [0.15, 0.2) is 9.84 Å². The molecule has 0 bridgehead atoms. The summed E-state index contributed by atoms with van der Waals surface area (Å²) in [5.74, 6) is 0. The molecule has 0 aliphatic heterocycles. The van der Waals surface area contributed by atoms with Crippen molar-refractivity contribution < 1.29 is 8.42 Å². The zero-order chi connectivity index (χ0) is 11.0. The van der Waals surface area contributed by atoms with Crippen LogP contribution in [0.1, 0.15) is 19.3 Å². The summed E-state index contributed by atoms with van der Waals surface area (Å²) in [5, 5.41) is 8.63. The number of hydrogen-bond acceptors (Lipinski definition) is 4. The standard InChI is InChI=1S/C9H16N2O2S/c1-11(2)9(7-10)6-4-5-8(9)14(3,12)13/h8H,4-6H2,1-3H3. The van der Waals surface area contributed by atoms with Gasteiger partial charge in [-0.25, -0.2) is 8.42 Å². The summed E-state index contributed by atoms with van der Waals surface area (Å²) in [4.78, 5) is 1.74. The molecule has 0 saturated heterocycles. The maximum absolute atomic E-state index is 11.5. The van der Waals surface area contributed by atoms with Gasteiger partial charge in [0.2, 0.25) is 0 Å². The fraction of sp³-hybridized carbons (Fsp3) is 0.889. The third-order valence-corrected chi connectivity index (χ3v) is 4.72. The molecule has 2 atom stereocenters. The van der Waals surface area contributed by atoms with E-state index in [1.807, 2.05) is 0 Å². The number of rotatable bonds is 2. The van der Waals surface area contributed by atoms with Gasteiger partial charge in [0, 0.05) is 6.26 Å². The second-order valence-corrected chi connectivity index (χ2v) is 6.37. The van der Waals surface area contributed by atoms with Gasteiger partial charge in [-0.05, 0) is 33.4 Å². The molecular formula is C9H16N2O2S. The van der Waals surface area contributed by atoms with Crippen LogP contribution in [0.5, 0.6) is 0 Å². The molecule has 5 heteroatoms. The molecule has 0 aromatic heterocycles. The normalized spacial score (nSPS) is 33.2. The summed E-state index contributed by atoms with van der Waals surface area (Å²) in [6.07, 6.45) is 3.28. The molecule has 1 aliphatic rings. The second-order valence-electron chi connectivity index (χ2n) is 4.14. The number of hydrogen-bond donors (Lipinski definition) is 0. The van der Waals surface area contributed by atoms with E-state index in [4.69, 9.17) is 5.26 Å². The molecule has 2 unspecified atom stereocenters. The summed E-state index contributed by atoms with van der Waals surface area (Å²) in [6, 6.07) is 2.18. The molecule has 1 fully saturated rings. The predicted octanol–water partition coefficient (Wildman–Crippen LogP) is 0.407. The van der Waals surface area contributed by atoms with Crippen molar-refractivity contribution in [1.29, 1.82) is 5.26 Å². The van der Waals surface area contributed by atoms with E-state index in [1.54, 1.807) is 19.0 Å². The molecule has 1 saturated carbocycles. The van der Waals surface area contributed by atoms with E-state index in [0.29, 0.717) is 12.8 Å². The van der Waals surface area contributed by atoms with Crippen molar-refractivity contribution in [2.45, 2.75) is 30.1 Å². The molecule has 0 radical (unpaired) electrons. The van der Waals surface area contributed by atoms with E-state index < -0.39 is 20.6 Å². The Hall–Kier alpha value is -0.600. The van der Waals surface area contributed by atoms with Crippen LogP contribution in [-0.4, -0.2) is 44.5 Å². The second kappa shape index (κ2) is 3.52. The van der Waals surface area contributed by atoms with Crippen molar-refractivity contribution in [3.8, 4) is 6.07 Å². The average Bonchev–Trinajstić information content (AvgIpc) is 2.47. The number of nitriles is 1. The van der Waals surface area contributed by atoms with Crippen LogP contribution in [0.25, 0.3) is 0 Å². The van der Waals surface area contributed by atoms with E-state index in [-0.39, 0.29) is 0 Å². The average molecular weight is 216 g/mol. The first-order valence-electron chi connectivity index (χ1n) is 4.62. The van der Waals surface area contributed by atoms with Crippen LogP contribution in [0.15, 0.2) is 0 Å². The van der Waals surface area contributed by atoms with Gasteiger partial charge < -0.3 is 0 Å². The first-order chi connectivity index (χ1) is 6.34. The fourth-order valence-electron chi connectivity index (χ4n) is 2.26. The maximum atomic E-state index is 11.5. The molecule has 4 nitrogen and oxygen atoms in total. The smallest absolute Gasteiger partial charge is 0.153 e. The van der Waals surface area contributed by atoms with Gasteiger partial charge in [-0.15, -0.1) is 0 Å². The van der Waals surface area contributed by atoms with Gasteiger partial charge in [0.05, 0.1) is 11.3 Å². The molecular weight excluding hydrogens is 200 g/mol. The largest absolute Gasteiger partial charge is 0.291 e. The Bertz CT molecular complexity index is 355. The molecule has 14 heavy (non-hydrogen) atoms. The Morgan fingerprint density at radius 1 is 1.50 bits per heavy atom. The fourth-order valence-corrected chi connectivity index (χ4v) is 3.95. The molecule has 0 heterocycles. The van der Waals surface area contributed by atoms with Gasteiger partial charge in [0.1, 0.15) is 5.54 Å². The monoisotopic (exact) mass is 216 g/mol. The Labute approximate surface area is 85.4 Å². The Kier molecular flexibility index (Phi) is 2.88. The topological polar surface area (TPSA) is 61.2 Å². The zero-order valence-electron chi connectivity index (χ0n) is 8.82. The number of sulfone groups is 1. The molecule has 0 aromatic carbocycles. The Morgan fingerprint density at radius 2 is 2.07 bits per heavy atom. The molecule has 0 N–H and O–H groups in total. The van der Waals surface area contributed by atoms with Crippen molar-refractivity contribution in [2.24, 2.45) is 0 Å². The van der Waals surface area contributed by atoms with Crippen LogP contribution >= 0.6 is 0 Å². The molecule has 1 rings (SSSR count). The highest BCUT2D eigenvalue weighted by Gasteiger charge is 2.50. The summed E-state index contributed by atoms with van der Waals surface area (Å²) in [5.41, 5.74) is -0.812. The highest BCUT2D eigenvalue weighted by atomic mass is 32.2. The number of nitrogens with zero attached hydrogens (tertiary/aromatic N) is 2. The lowest BCUT2D eigenvalue weighted by Crippen LogP contribution is -2.51. The third-order valence-electron chi connectivity index (χ3n) is 3.07.